The number of aromatic nitrogens is 2. The van der Waals surface area contributed by atoms with Crippen LogP contribution in [0.2, 0.25) is 0 Å². The molecule has 2 aromatic carbocycles. The number of hydrogen-bond acceptors (Lipinski definition) is 7. The van der Waals surface area contributed by atoms with Crippen molar-refractivity contribution in [2.75, 3.05) is 50.0 Å². The van der Waals surface area contributed by atoms with Gasteiger partial charge < -0.3 is 25.8 Å². The first-order chi connectivity index (χ1) is 15.1. The van der Waals surface area contributed by atoms with Gasteiger partial charge in [-0.15, -0.1) is 0 Å². The summed E-state index contributed by atoms with van der Waals surface area (Å²) >= 11 is 0. The van der Waals surface area contributed by atoms with E-state index >= 15 is 0 Å². The number of amides is 2. The third-order valence-electron chi connectivity index (χ3n) is 5.00. The lowest BCUT2D eigenvalue weighted by atomic mass is 10.1. The summed E-state index contributed by atoms with van der Waals surface area (Å²) < 4.78 is 11.5. The maximum Gasteiger partial charge on any atom is 0.316 e. The minimum atomic E-state index is -0.613. The van der Waals surface area contributed by atoms with Crippen LogP contribution < -0.4 is 21.1 Å². The van der Waals surface area contributed by atoms with Gasteiger partial charge in [-0.2, -0.15) is 4.98 Å². The number of hydrogen-bond donors (Lipinski definition) is 3. The summed E-state index contributed by atoms with van der Waals surface area (Å²) in [6, 6.07) is 12.4. The molecular weight excluding hydrogens is 396 g/mol. The highest BCUT2D eigenvalue weighted by Gasteiger charge is 2.12. The molecule has 162 valence electrons. The first-order valence-corrected chi connectivity index (χ1v) is 10.2. The highest BCUT2D eigenvalue weighted by molar-refractivity contribution is 6.03. The van der Waals surface area contributed by atoms with E-state index in [1.165, 1.54) is 0 Å². The van der Waals surface area contributed by atoms with Crippen molar-refractivity contribution in [2.24, 2.45) is 5.73 Å². The normalized spacial score (nSPS) is 14.4. The van der Waals surface area contributed by atoms with E-state index < -0.39 is 6.03 Å². The van der Waals surface area contributed by atoms with Gasteiger partial charge in [0.2, 0.25) is 11.8 Å². The number of nitrogens with one attached hydrogen (secondary N) is 2. The average Bonchev–Trinajstić information content (AvgIpc) is 2.76. The van der Waals surface area contributed by atoms with Gasteiger partial charge in [0.05, 0.1) is 18.9 Å². The second kappa shape index (κ2) is 9.59. The molecule has 2 amide bonds. The molecule has 9 nitrogen and oxygen atoms in total. The monoisotopic (exact) mass is 422 g/mol. The molecule has 4 N–H and O–H groups in total. The fourth-order valence-corrected chi connectivity index (χ4v) is 3.54. The molecule has 2 heterocycles. The zero-order valence-electron chi connectivity index (χ0n) is 17.4. The third kappa shape index (κ3) is 5.39. The zero-order valence-corrected chi connectivity index (χ0v) is 17.4. The van der Waals surface area contributed by atoms with Crippen molar-refractivity contribution < 1.29 is 14.3 Å². The molecule has 0 radical (unpaired) electrons. The first kappa shape index (κ1) is 20.8. The Morgan fingerprint density at radius 1 is 1.16 bits per heavy atom. The van der Waals surface area contributed by atoms with E-state index in [1.807, 2.05) is 31.2 Å². The van der Waals surface area contributed by atoms with Crippen LogP contribution in [0, 0.1) is 6.92 Å². The van der Waals surface area contributed by atoms with Crippen LogP contribution in [0.4, 0.5) is 16.4 Å². The van der Waals surface area contributed by atoms with Crippen molar-refractivity contribution in [1.29, 1.82) is 0 Å². The van der Waals surface area contributed by atoms with Crippen LogP contribution >= 0.6 is 0 Å². The second-order valence-electron chi connectivity index (χ2n) is 7.30. The Bertz CT molecular complexity index is 1070. The number of carbonyl (C=O) groups excluding carboxylic acids is 1. The van der Waals surface area contributed by atoms with Crippen molar-refractivity contribution in [2.45, 2.75) is 6.92 Å². The number of morpholine rings is 1. The molecule has 0 bridgehead atoms. The topological polar surface area (TPSA) is 115 Å². The maximum absolute atomic E-state index is 11.3. The lowest BCUT2D eigenvalue weighted by molar-refractivity contribution is 0.0398. The van der Waals surface area contributed by atoms with E-state index in [-0.39, 0.29) is 0 Å². The van der Waals surface area contributed by atoms with Crippen LogP contribution in [0.25, 0.3) is 10.8 Å². The number of rotatable bonds is 7. The zero-order chi connectivity index (χ0) is 21.6. The van der Waals surface area contributed by atoms with Crippen LogP contribution in [0.15, 0.2) is 42.5 Å². The van der Waals surface area contributed by atoms with E-state index in [4.69, 9.17) is 15.2 Å². The lowest BCUT2D eigenvalue weighted by Crippen LogP contribution is -2.39. The number of nitrogens with zero attached hydrogens (tertiary/aromatic N) is 3. The number of anilines is 2. The largest absolute Gasteiger partial charge is 0.438 e. The molecule has 31 heavy (non-hydrogen) atoms. The molecule has 1 aromatic heterocycles. The van der Waals surface area contributed by atoms with Crippen LogP contribution in [0.1, 0.15) is 5.69 Å². The third-order valence-corrected chi connectivity index (χ3v) is 5.00. The average molecular weight is 422 g/mol. The molecule has 9 heteroatoms. The van der Waals surface area contributed by atoms with Crippen molar-refractivity contribution in [3.05, 3.63) is 48.2 Å². The Labute approximate surface area is 180 Å². The van der Waals surface area contributed by atoms with Gasteiger partial charge in [-0.05, 0) is 19.1 Å². The number of aryl methyl sites for hydroxylation is 1. The smallest absolute Gasteiger partial charge is 0.316 e. The Hall–Kier alpha value is -3.43. The maximum atomic E-state index is 11.3. The van der Waals surface area contributed by atoms with Crippen molar-refractivity contribution in [1.82, 2.24) is 14.9 Å². The summed E-state index contributed by atoms with van der Waals surface area (Å²) in [5.41, 5.74) is 6.71. The van der Waals surface area contributed by atoms with Gasteiger partial charge in [-0.25, -0.2) is 9.78 Å². The predicted octanol–water partition coefficient (Wildman–Crippen LogP) is 2.97. The van der Waals surface area contributed by atoms with Crippen LogP contribution in [-0.2, 0) is 4.74 Å². The molecule has 3 aromatic rings. The molecule has 0 unspecified atom stereocenters. The summed E-state index contributed by atoms with van der Waals surface area (Å²) in [5.74, 6) is 1.60. The fraction of sp³-hybridized carbons (Fsp3) is 0.318. The Balaban J connectivity index is 1.50. The van der Waals surface area contributed by atoms with Gasteiger partial charge >= 0.3 is 6.03 Å². The van der Waals surface area contributed by atoms with E-state index in [1.54, 1.807) is 18.2 Å². The number of fused-ring (bicyclic) bond motifs is 1. The lowest BCUT2D eigenvalue weighted by Gasteiger charge is -2.26. The summed E-state index contributed by atoms with van der Waals surface area (Å²) in [6.07, 6.45) is 0. The summed E-state index contributed by atoms with van der Waals surface area (Å²) in [4.78, 5) is 22.6. The molecule has 1 saturated heterocycles. The number of primary amides is 1. The van der Waals surface area contributed by atoms with Crippen molar-refractivity contribution in [3.63, 3.8) is 0 Å². The molecule has 0 atom stereocenters. The second-order valence-corrected chi connectivity index (χ2v) is 7.30. The van der Waals surface area contributed by atoms with Gasteiger partial charge in [0, 0.05) is 48.7 Å². The Morgan fingerprint density at radius 3 is 2.71 bits per heavy atom. The van der Waals surface area contributed by atoms with Crippen LogP contribution in [-0.4, -0.2) is 60.3 Å². The molecule has 1 fully saturated rings. The molecule has 0 saturated carbocycles. The predicted molar refractivity (Wildman–Crippen MR) is 120 cm³/mol. The van der Waals surface area contributed by atoms with Gasteiger partial charge in [-0.1, -0.05) is 24.3 Å². The molecule has 1 aliphatic rings. The fourth-order valence-electron chi connectivity index (χ4n) is 3.54. The summed E-state index contributed by atoms with van der Waals surface area (Å²) in [6.45, 7) is 6.98. The van der Waals surface area contributed by atoms with Crippen molar-refractivity contribution >= 4 is 28.4 Å². The highest BCUT2D eigenvalue weighted by Crippen LogP contribution is 2.34. The Kier molecular flexibility index (Phi) is 6.44. The van der Waals surface area contributed by atoms with Gasteiger partial charge in [0.25, 0.3) is 0 Å². The van der Waals surface area contributed by atoms with Gasteiger partial charge in [-0.3, -0.25) is 4.90 Å². The Morgan fingerprint density at radius 2 is 1.94 bits per heavy atom. The highest BCUT2D eigenvalue weighted by atomic mass is 16.5. The quantitative estimate of drug-likeness (QED) is 0.536. The number of ether oxygens (including phenoxy) is 2. The molecular formula is C22H26N6O3. The SMILES string of the molecule is Cc1cc(Oc2ccc(NC(N)=O)c3ccccc23)nc(NCCN2CCOCC2)n1. The van der Waals surface area contributed by atoms with Gasteiger partial charge in [0.15, 0.2) is 0 Å². The van der Waals surface area contributed by atoms with Gasteiger partial charge in [0.1, 0.15) is 5.75 Å². The minimum Gasteiger partial charge on any atom is -0.438 e. The summed E-state index contributed by atoms with van der Waals surface area (Å²) in [5, 5.41) is 7.59. The van der Waals surface area contributed by atoms with Crippen molar-refractivity contribution in [3.8, 4) is 11.6 Å². The number of carbonyl (C=O) groups is 1. The number of benzene rings is 2. The van der Waals surface area contributed by atoms with E-state index in [2.05, 4.69) is 25.5 Å². The molecule has 4 rings (SSSR count). The van der Waals surface area contributed by atoms with Crippen LogP contribution in [0.3, 0.4) is 0 Å². The number of nitrogens with two attached hydrogens (primary N) is 1. The summed E-state index contributed by atoms with van der Waals surface area (Å²) in [7, 11) is 0. The van der Waals surface area contributed by atoms with E-state index in [0.717, 1.165) is 55.9 Å². The van der Waals surface area contributed by atoms with E-state index in [0.29, 0.717) is 23.3 Å². The molecule has 1 aliphatic heterocycles. The molecule has 0 aliphatic carbocycles. The van der Waals surface area contributed by atoms with E-state index in [9.17, 15) is 4.79 Å². The van der Waals surface area contributed by atoms with Crippen LogP contribution in [0.5, 0.6) is 11.6 Å². The first-order valence-electron chi connectivity index (χ1n) is 10.2. The minimum absolute atomic E-state index is 0.446. The number of urea groups is 1. The standard InChI is InChI=1S/C22H26N6O3/c1-15-14-20(27-22(25-15)24-8-9-28-10-12-30-13-11-28)31-19-7-6-18(26-21(23)29)16-4-2-3-5-17(16)19/h2-7,14H,8-13H2,1H3,(H3,23,26,29)(H,24,25,27). The molecule has 0 spiro atoms.